The molecule has 4 heteroatoms. The van der Waals surface area contributed by atoms with Crippen LogP contribution in [0.3, 0.4) is 0 Å². The van der Waals surface area contributed by atoms with E-state index in [0.717, 1.165) is 29.7 Å². The molecule has 0 radical (unpaired) electrons. The first-order chi connectivity index (χ1) is 12.6. The SMILES string of the molecule is CCCCOc1cc(/C(C)=N/CC)cc(C)c1C(=O)Oc1ccccc1. The molecule has 0 saturated heterocycles. The number of para-hydroxylation sites is 1. The van der Waals surface area contributed by atoms with Crippen LogP contribution in [0.4, 0.5) is 0 Å². The maximum atomic E-state index is 12.8. The molecule has 0 aliphatic heterocycles. The van der Waals surface area contributed by atoms with Crippen LogP contribution in [0.25, 0.3) is 0 Å². The molecule has 0 fully saturated rings. The van der Waals surface area contributed by atoms with Gasteiger partial charge in [-0.15, -0.1) is 0 Å². The molecule has 0 atom stereocenters. The minimum atomic E-state index is -0.406. The molecule has 0 saturated carbocycles. The first kappa shape index (κ1) is 19.7. The molecule has 0 heterocycles. The van der Waals surface area contributed by atoms with E-state index in [1.165, 1.54) is 0 Å². The fourth-order valence-corrected chi connectivity index (χ4v) is 2.64. The number of hydrogen-bond acceptors (Lipinski definition) is 4. The fourth-order valence-electron chi connectivity index (χ4n) is 2.64. The summed E-state index contributed by atoms with van der Waals surface area (Å²) in [6.07, 6.45) is 1.96. The summed E-state index contributed by atoms with van der Waals surface area (Å²) in [5.41, 5.74) is 3.18. The Morgan fingerprint density at radius 1 is 1.12 bits per heavy atom. The second-order valence-corrected chi connectivity index (χ2v) is 6.13. The van der Waals surface area contributed by atoms with Crippen molar-refractivity contribution in [2.75, 3.05) is 13.2 Å². The third-order valence-corrected chi connectivity index (χ3v) is 4.03. The van der Waals surface area contributed by atoms with Gasteiger partial charge in [0.25, 0.3) is 0 Å². The van der Waals surface area contributed by atoms with Crippen LogP contribution >= 0.6 is 0 Å². The van der Waals surface area contributed by atoms with Gasteiger partial charge in [-0.2, -0.15) is 0 Å². The van der Waals surface area contributed by atoms with E-state index in [9.17, 15) is 4.79 Å². The van der Waals surface area contributed by atoms with Gasteiger partial charge in [0.1, 0.15) is 17.1 Å². The first-order valence-electron chi connectivity index (χ1n) is 9.12. The number of nitrogens with zero attached hydrogens (tertiary/aromatic N) is 1. The Morgan fingerprint density at radius 2 is 1.85 bits per heavy atom. The monoisotopic (exact) mass is 353 g/mol. The second kappa shape index (κ2) is 9.76. The first-order valence-corrected chi connectivity index (χ1v) is 9.12. The number of rotatable bonds is 8. The van der Waals surface area contributed by atoms with Gasteiger partial charge >= 0.3 is 5.97 Å². The van der Waals surface area contributed by atoms with Crippen molar-refractivity contribution in [3.05, 3.63) is 59.2 Å². The second-order valence-electron chi connectivity index (χ2n) is 6.13. The van der Waals surface area contributed by atoms with Crippen LogP contribution in [-0.2, 0) is 0 Å². The maximum absolute atomic E-state index is 12.8. The van der Waals surface area contributed by atoms with E-state index in [1.54, 1.807) is 12.1 Å². The Balaban J connectivity index is 2.38. The van der Waals surface area contributed by atoms with E-state index >= 15 is 0 Å². The summed E-state index contributed by atoms with van der Waals surface area (Å²) in [7, 11) is 0. The molecule has 0 unspecified atom stereocenters. The zero-order valence-electron chi connectivity index (χ0n) is 16.0. The van der Waals surface area contributed by atoms with Crippen molar-refractivity contribution in [1.29, 1.82) is 0 Å². The van der Waals surface area contributed by atoms with Crippen LogP contribution < -0.4 is 9.47 Å². The average Bonchev–Trinajstić information content (AvgIpc) is 2.62. The lowest BCUT2D eigenvalue weighted by Crippen LogP contribution is -2.14. The zero-order chi connectivity index (χ0) is 18.9. The smallest absolute Gasteiger partial charge is 0.347 e. The van der Waals surface area contributed by atoms with E-state index in [0.29, 0.717) is 30.2 Å². The highest BCUT2D eigenvalue weighted by molar-refractivity contribution is 6.02. The normalized spacial score (nSPS) is 11.3. The van der Waals surface area contributed by atoms with Crippen LogP contribution in [0.5, 0.6) is 11.5 Å². The van der Waals surface area contributed by atoms with Crippen molar-refractivity contribution < 1.29 is 14.3 Å². The Labute approximate surface area is 155 Å². The molecular formula is C22H27NO3. The molecule has 138 valence electrons. The molecule has 0 spiro atoms. The van der Waals surface area contributed by atoms with Crippen molar-refractivity contribution in [3.8, 4) is 11.5 Å². The van der Waals surface area contributed by atoms with Gasteiger partial charge in [-0.25, -0.2) is 4.79 Å². The standard InChI is InChI=1S/C22H27NO3/c1-5-7-13-25-20-15-18(17(4)23-6-2)14-16(3)21(20)22(24)26-19-11-9-8-10-12-19/h8-12,14-15H,5-7,13H2,1-4H3/b23-17+. The van der Waals surface area contributed by atoms with Gasteiger partial charge in [0, 0.05) is 12.3 Å². The van der Waals surface area contributed by atoms with Crippen LogP contribution in [-0.4, -0.2) is 24.8 Å². The molecule has 0 bridgehead atoms. The van der Waals surface area contributed by atoms with E-state index in [2.05, 4.69) is 11.9 Å². The van der Waals surface area contributed by atoms with Crippen molar-refractivity contribution in [3.63, 3.8) is 0 Å². The Morgan fingerprint density at radius 3 is 2.50 bits per heavy atom. The lowest BCUT2D eigenvalue weighted by atomic mass is 10.0. The number of carbonyl (C=O) groups is 1. The molecule has 0 aliphatic rings. The fraction of sp³-hybridized carbons (Fsp3) is 0.364. The molecule has 2 rings (SSSR count). The Hall–Kier alpha value is -2.62. The number of ether oxygens (including phenoxy) is 2. The summed E-state index contributed by atoms with van der Waals surface area (Å²) < 4.78 is 11.5. The molecule has 2 aromatic carbocycles. The molecule has 2 aromatic rings. The summed E-state index contributed by atoms with van der Waals surface area (Å²) >= 11 is 0. The van der Waals surface area contributed by atoms with E-state index in [1.807, 2.05) is 51.1 Å². The van der Waals surface area contributed by atoms with Crippen molar-refractivity contribution in [2.24, 2.45) is 4.99 Å². The van der Waals surface area contributed by atoms with Crippen LogP contribution in [0.1, 0.15) is 55.1 Å². The molecule has 0 aromatic heterocycles. The number of carbonyl (C=O) groups excluding carboxylic acids is 1. The zero-order valence-corrected chi connectivity index (χ0v) is 16.0. The molecule has 0 amide bonds. The highest BCUT2D eigenvalue weighted by Crippen LogP contribution is 2.27. The minimum absolute atomic E-state index is 0.406. The third kappa shape index (κ3) is 5.19. The lowest BCUT2D eigenvalue weighted by Gasteiger charge is -2.15. The number of aliphatic imine (C=N–C) groups is 1. The summed E-state index contributed by atoms with van der Waals surface area (Å²) in [6.45, 7) is 9.25. The summed E-state index contributed by atoms with van der Waals surface area (Å²) in [4.78, 5) is 17.2. The van der Waals surface area contributed by atoms with Gasteiger partial charge < -0.3 is 9.47 Å². The molecular weight excluding hydrogens is 326 g/mol. The molecule has 4 nitrogen and oxygen atoms in total. The van der Waals surface area contributed by atoms with Gasteiger partial charge in [0.05, 0.1) is 6.61 Å². The van der Waals surface area contributed by atoms with Gasteiger partial charge in [0.15, 0.2) is 0 Å². The molecule has 0 N–H and O–H groups in total. The third-order valence-electron chi connectivity index (χ3n) is 4.03. The van der Waals surface area contributed by atoms with Crippen molar-refractivity contribution in [1.82, 2.24) is 0 Å². The average molecular weight is 353 g/mol. The lowest BCUT2D eigenvalue weighted by molar-refractivity contribution is 0.0729. The van der Waals surface area contributed by atoms with E-state index < -0.39 is 5.97 Å². The summed E-state index contributed by atoms with van der Waals surface area (Å²) in [6, 6.07) is 12.9. The van der Waals surface area contributed by atoms with Gasteiger partial charge in [-0.3, -0.25) is 4.99 Å². The Bertz CT molecular complexity index is 766. The van der Waals surface area contributed by atoms with Gasteiger partial charge in [-0.1, -0.05) is 31.5 Å². The topological polar surface area (TPSA) is 47.9 Å². The highest BCUT2D eigenvalue weighted by Gasteiger charge is 2.20. The molecule has 0 aliphatic carbocycles. The van der Waals surface area contributed by atoms with E-state index in [-0.39, 0.29) is 0 Å². The summed E-state index contributed by atoms with van der Waals surface area (Å²) in [5.74, 6) is 0.668. The number of esters is 1. The van der Waals surface area contributed by atoms with Gasteiger partial charge in [0.2, 0.25) is 0 Å². The predicted octanol–water partition coefficient (Wildman–Crippen LogP) is 5.22. The quantitative estimate of drug-likeness (QED) is 0.283. The summed E-state index contributed by atoms with van der Waals surface area (Å²) in [5, 5.41) is 0. The minimum Gasteiger partial charge on any atom is -0.493 e. The Kier molecular flexibility index (Phi) is 7.39. The number of benzene rings is 2. The van der Waals surface area contributed by atoms with Gasteiger partial charge in [-0.05, 0) is 62.6 Å². The number of unbranched alkanes of at least 4 members (excludes halogenated alkanes) is 1. The highest BCUT2D eigenvalue weighted by atomic mass is 16.5. The van der Waals surface area contributed by atoms with Crippen molar-refractivity contribution in [2.45, 2.75) is 40.5 Å². The number of hydrogen-bond donors (Lipinski definition) is 0. The van der Waals surface area contributed by atoms with Crippen LogP contribution in [0.2, 0.25) is 0 Å². The largest absolute Gasteiger partial charge is 0.493 e. The van der Waals surface area contributed by atoms with Crippen LogP contribution in [0.15, 0.2) is 47.5 Å². The molecule has 26 heavy (non-hydrogen) atoms. The predicted molar refractivity (Wildman–Crippen MR) is 106 cm³/mol. The van der Waals surface area contributed by atoms with Crippen molar-refractivity contribution >= 4 is 11.7 Å². The van der Waals surface area contributed by atoms with E-state index in [4.69, 9.17) is 9.47 Å². The number of aryl methyl sites for hydroxylation is 1. The maximum Gasteiger partial charge on any atom is 0.347 e. The van der Waals surface area contributed by atoms with Crippen LogP contribution in [0, 0.1) is 6.92 Å².